The maximum Gasteiger partial charge on any atom is 0.340 e. The maximum atomic E-state index is 12.7. The van der Waals surface area contributed by atoms with Crippen molar-refractivity contribution in [2.24, 2.45) is 0 Å². The van der Waals surface area contributed by atoms with Crippen molar-refractivity contribution in [1.82, 2.24) is 5.32 Å². The molecule has 0 bridgehead atoms. The van der Waals surface area contributed by atoms with Crippen molar-refractivity contribution in [3.63, 3.8) is 0 Å². The summed E-state index contributed by atoms with van der Waals surface area (Å²) in [7, 11) is 1.61. The van der Waals surface area contributed by atoms with Gasteiger partial charge in [0.25, 0.3) is 0 Å². The zero-order chi connectivity index (χ0) is 22.2. The molecular weight excluding hydrogens is 406 g/mol. The van der Waals surface area contributed by atoms with Gasteiger partial charge in [-0.15, -0.1) is 0 Å². The fourth-order valence-electron chi connectivity index (χ4n) is 4.52. The lowest BCUT2D eigenvalue weighted by molar-refractivity contribution is -0.120. The minimum absolute atomic E-state index is 0.0260. The summed E-state index contributed by atoms with van der Waals surface area (Å²) in [5.74, 6) is 1.58. The van der Waals surface area contributed by atoms with E-state index in [2.05, 4.69) is 11.4 Å². The first-order valence-electron chi connectivity index (χ1n) is 10.9. The SMILES string of the molecule is COc1ccc(CNC(=O)Cc2c(C)c3cc4c5c(oc4cc3oc2=O)CCCC5)cc1. The molecule has 2 aromatic heterocycles. The molecule has 0 saturated carbocycles. The van der Waals surface area contributed by atoms with Gasteiger partial charge in [-0.25, -0.2) is 4.79 Å². The van der Waals surface area contributed by atoms with Gasteiger partial charge in [-0.1, -0.05) is 12.1 Å². The molecule has 0 radical (unpaired) electrons. The van der Waals surface area contributed by atoms with E-state index in [4.69, 9.17) is 13.6 Å². The van der Waals surface area contributed by atoms with Crippen LogP contribution in [-0.4, -0.2) is 13.0 Å². The summed E-state index contributed by atoms with van der Waals surface area (Å²) in [6, 6.07) is 11.3. The summed E-state index contributed by atoms with van der Waals surface area (Å²) in [5.41, 5.74) is 4.16. The van der Waals surface area contributed by atoms with Crippen LogP contribution in [0.3, 0.4) is 0 Å². The number of hydrogen-bond donors (Lipinski definition) is 1. The van der Waals surface area contributed by atoms with Crippen molar-refractivity contribution >= 4 is 27.8 Å². The van der Waals surface area contributed by atoms with Crippen molar-refractivity contribution in [3.05, 3.63) is 74.8 Å². The number of fused-ring (bicyclic) bond motifs is 4. The van der Waals surface area contributed by atoms with Gasteiger partial charge in [0.15, 0.2) is 0 Å². The van der Waals surface area contributed by atoms with E-state index >= 15 is 0 Å². The topological polar surface area (TPSA) is 81.7 Å². The molecule has 1 amide bonds. The van der Waals surface area contributed by atoms with Crippen molar-refractivity contribution in [2.45, 2.75) is 45.6 Å². The van der Waals surface area contributed by atoms with Crippen LogP contribution in [0.4, 0.5) is 0 Å². The lowest BCUT2D eigenvalue weighted by atomic mass is 9.94. The summed E-state index contributed by atoms with van der Waals surface area (Å²) in [5, 5.41) is 4.81. The number of carbonyl (C=O) groups excluding carboxylic acids is 1. The monoisotopic (exact) mass is 431 g/mol. The molecule has 0 aliphatic heterocycles. The van der Waals surface area contributed by atoms with Crippen molar-refractivity contribution in [2.75, 3.05) is 7.11 Å². The van der Waals surface area contributed by atoms with Gasteiger partial charge in [0.05, 0.1) is 19.1 Å². The summed E-state index contributed by atoms with van der Waals surface area (Å²) in [6.07, 6.45) is 4.22. The van der Waals surface area contributed by atoms with Gasteiger partial charge in [0.2, 0.25) is 5.91 Å². The van der Waals surface area contributed by atoms with Crippen molar-refractivity contribution in [1.29, 1.82) is 0 Å². The summed E-state index contributed by atoms with van der Waals surface area (Å²) in [6.45, 7) is 2.26. The van der Waals surface area contributed by atoms with Crippen LogP contribution in [0.25, 0.3) is 21.9 Å². The van der Waals surface area contributed by atoms with Gasteiger partial charge < -0.3 is 18.9 Å². The molecule has 5 rings (SSSR count). The Morgan fingerprint density at radius 1 is 1.03 bits per heavy atom. The molecule has 164 valence electrons. The van der Waals surface area contributed by atoms with Crippen LogP contribution < -0.4 is 15.7 Å². The van der Waals surface area contributed by atoms with E-state index in [1.807, 2.05) is 37.3 Å². The normalized spacial score (nSPS) is 13.3. The highest BCUT2D eigenvalue weighted by molar-refractivity contribution is 5.97. The number of furan rings is 1. The van der Waals surface area contributed by atoms with E-state index in [9.17, 15) is 9.59 Å². The molecule has 0 saturated heterocycles. The predicted molar refractivity (Wildman–Crippen MR) is 122 cm³/mol. The second-order valence-corrected chi connectivity index (χ2v) is 8.35. The van der Waals surface area contributed by atoms with E-state index in [1.165, 1.54) is 5.56 Å². The molecule has 1 aliphatic carbocycles. The Morgan fingerprint density at radius 2 is 1.78 bits per heavy atom. The molecule has 0 spiro atoms. The summed E-state index contributed by atoms with van der Waals surface area (Å²) in [4.78, 5) is 25.3. The number of amides is 1. The second kappa shape index (κ2) is 8.19. The minimum atomic E-state index is -0.481. The molecule has 0 atom stereocenters. The van der Waals surface area contributed by atoms with Gasteiger partial charge >= 0.3 is 5.63 Å². The van der Waals surface area contributed by atoms with Crippen LogP contribution in [-0.2, 0) is 30.6 Å². The molecule has 2 aromatic carbocycles. The van der Waals surface area contributed by atoms with Gasteiger partial charge in [-0.05, 0) is 55.5 Å². The van der Waals surface area contributed by atoms with Crippen LogP contribution in [0, 0.1) is 6.92 Å². The van der Waals surface area contributed by atoms with Gasteiger partial charge in [0, 0.05) is 35.4 Å². The molecule has 4 aromatic rings. The first-order valence-corrected chi connectivity index (χ1v) is 10.9. The zero-order valence-corrected chi connectivity index (χ0v) is 18.2. The Balaban J connectivity index is 1.42. The van der Waals surface area contributed by atoms with Crippen molar-refractivity contribution in [3.8, 4) is 5.75 Å². The Hall–Kier alpha value is -3.54. The van der Waals surface area contributed by atoms with Gasteiger partial charge in [-0.3, -0.25) is 4.79 Å². The minimum Gasteiger partial charge on any atom is -0.497 e. The number of methoxy groups -OCH3 is 1. The summed E-state index contributed by atoms with van der Waals surface area (Å²) >= 11 is 0. The third kappa shape index (κ3) is 3.66. The molecule has 32 heavy (non-hydrogen) atoms. The third-order valence-electron chi connectivity index (χ3n) is 6.35. The van der Waals surface area contributed by atoms with Gasteiger partial charge in [0.1, 0.15) is 22.7 Å². The number of aryl methyl sites for hydroxylation is 3. The molecule has 1 N–H and O–H groups in total. The smallest absolute Gasteiger partial charge is 0.340 e. The maximum absolute atomic E-state index is 12.7. The average Bonchev–Trinajstić information content (AvgIpc) is 3.17. The lowest BCUT2D eigenvalue weighted by Gasteiger charge is -2.10. The fraction of sp³-hybridized carbons (Fsp3) is 0.308. The number of hydrogen-bond acceptors (Lipinski definition) is 5. The molecular formula is C26H25NO5. The number of nitrogens with one attached hydrogen (secondary N) is 1. The first-order chi connectivity index (χ1) is 15.5. The Bertz CT molecular complexity index is 1380. The second-order valence-electron chi connectivity index (χ2n) is 8.35. The van der Waals surface area contributed by atoms with E-state index in [0.29, 0.717) is 17.7 Å². The average molecular weight is 431 g/mol. The number of benzene rings is 2. The zero-order valence-electron chi connectivity index (χ0n) is 18.2. The fourth-order valence-corrected chi connectivity index (χ4v) is 4.52. The van der Waals surface area contributed by atoms with E-state index in [0.717, 1.165) is 64.7 Å². The number of carbonyl (C=O) groups is 1. The Morgan fingerprint density at radius 3 is 2.56 bits per heavy atom. The Kier molecular flexibility index (Phi) is 5.21. The standard InChI is InChI=1S/C26H25NO5/c1-15-19-11-21-18-5-3-4-6-22(18)31-24(21)13-23(19)32-26(29)20(15)12-25(28)27-14-16-7-9-17(30-2)10-8-16/h7-11,13H,3-6,12,14H2,1-2H3,(H,27,28). The largest absolute Gasteiger partial charge is 0.497 e. The van der Waals surface area contributed by atoms with E-state index < -0.39 is 5.63 Å². The quantitative estimate of drug-likeness (QED) is 0.467. The molecule has 2 heterocycles. The molecule has 6 heteroatoms. The lowest BCUT2D eigenvalue weighted by Crippen LogP contribution is -2.27. The molecule has 0 fully saturated rings. The molecule has 6 nitrogen and oxygen atoms in total. The van der Waals surface area contributed by atoms with E-state index in [1.54, 1.807) is 7.11 Å². The first kappa shape index (κ1) is 20.4. The Labute approximate surface area is 185 Å². The highest BCUT2D eigenvalue weighted by atomic mass is 16.5. The number of ether oxygens (including phenoxy) is 1. The van der Waals surface area contributed by atoms with E-state index in [-0.39, 0.29) is 12.3 Å². The summed E-state index contributed by atoms with van der Waals surface area (Å²) < 4.78 is 16.8. The number of rotatable bonds is 5. The third-order valence-corrected chi connectivity index (χ3v) is 6.35. The van der Waals surface area contributed by atoms with Crippen LogP contribution in [0.5, 0.6) is 5.75 Å². The van der Waals surface area contributed by atoms with Gasteiger partial charge in [-0.2, -0.15) is 0 Å². The van der Waals surface area contributed by atoms with Crippen LogP contribution in [0.1, 0.15) is 40.9 Å². The molecule has 1 aliphatic rings. The highest BCUT2D eigenvalue weighted by Crippen LogP contribution is 2.35. The predicted octanol–water partition coefficient (Wildman–Crippen LogP) is 4.59. The highest BCUT2D eigenvalue weighted by Gasteiger charge is 2.21. The molecule has 0 unspecified atom stereocenters. The van der Waals surface area contributed by atoms with Crippen LogP contribution in [0.15, 0.2) is 50.0 Å². The van der Waals surface area contributed by atoms with Crippen LogP contribution >= 0.6 is 0 Å². The van der Waals surface area contributed by atoms with Crippen LogP contribution in [0.2, 0.25) is 0 Å². The van der Waals surface area contributed by atoms with Crippen molar-refractivity contribution < 1.29 is 18.4 Å².